The van der Waals surface area contributed by atoms with E-state index in [4.69, 9.17) is 46.4 Å². The molecule has 0 aliphatic heterocycles. The van der Waals surface area contributed by atoms with E-state index in [0.29, 0.717) is 10.6 Å². The van der Waals surface area contributed by atoms with E-state index in [0.717, 1.165) is 4.31 Å². The van der Waals surface area contributed by atoms with Crippen LogP contribution in [-0.2, 0) is 26.2 Å². The Labute approximate surface area is 261 Å². The highest BCUT2D eigenvalue weighted by atomic mass is 35.5. The van der Waals surface area contributed by atoms with Gasteiger partial charge in [-0.25, -0.2) is 8.42 Å². The van der Waals surface area contributed by atoms with E-state index < -0.39 is 34.1 Å². The zero-order valence-electron chi connectivity index (χ0n) is 23.0. The normalized spacial score (nSPS) is 12.5. The number of benzene rings is 3. The Morgan fingerprint density at radius 1 is 0.878 bits per heavy atom. The predicted octanol–water partition coefficient (Wildman–Crippen LogP) is 7.22. The Balaban J connectivity index is 2.11. The first kappa shape index (κ1) is 33.0. The minimum atomic E-state index is -4.25. The second kappa shape index (κ2) is 13.7. The molecular formula is C29H31Cl4N3O4S. The molecule has 0 unspecified atom stereocenters. The average Bonchev–Trinajstić information content (AvgIpc) is 2.87. The monoisotopic (exact) mass is 657 g/mol. The highest BCUT2D eigenvalue weighted by Gasteiger charge is 2.34. The summed E-state index contributed by atoms with van der Waals surface area (Å²) in [4.78, 5) is 28.8. The number of hydrogen-bond donors (Lipinski definition) is 1. The molecule has 12 heteroatoms. The van der Waals surface area contributed by atoms with Gasteiger partial charge < -0.3 is 10.2 Å². The molecule has 3 aromatic rings. The zero-order chi connectivity index (χ0) is 30.5. The van der Waals surface area contributed by atoms with Gasteiger partial charge in [0.1, 0.15) is 12.6 Å². The van der Waals surface area contributed by atoms with Gasteiger partial charge in [-0.05, 0) is 75.2 Å². The summed E-state index contributed by atoms with van der Waals surface area (Å²) in [6.45, 7) is 6.62. The van der Waals surface area contributed by atoms with Crippen molar-refractivity contribution >= 4 is 73.9 Å². The van der Waals surface area contributed by atoms with Crippen LogP contribution in [0.1, 0.15) is 39.7 Å². The van der Waals surface area contributed by atoms with Crippen molar-refractivity contribution in [3.05, 3.63) is 92.4 Å². The standard InChI is InChI=1S/C29H31Cl4N3O4S/c1-5-26(28(38)34-29(2,3)4)35(17-19-11-12-24(32)25(33)13-19)27(37)18-36(22-15-20(30)14-21(31)16-22)41(39,40)23-9-7-6-8-10-23/h6-16,26H,5,17-18H2,1-4H3,(H,34,38)/t26-/m0/s1. The van der Waals surface area contributed by atoms with E-state index in [2.05, 4.69) is 5.32 Å². The fraction of sp³-hybridized carbons (Fsp3) is 0.310. The van der Waals surface area contributed by atoms with Crippen molar-refractivity contribution in [3.8, 4) is 0 Å². The molecule has 41 heavy (non-hydrogen) atoms. The van der Waals surface area contributed by atoms with E-state index in [-0.39, 0.29) is 44.5 Å². The largest absolute Gasteiger partial charge is 0.350 e. The summed E-state index contributed by atoms with van der Waals surface area (Å²) >= 11 is 24.8. The van der Waals surface area contributed by atoms with Crippen LogP contribution in [0.2, 0.25) is 20.1 Å². The quantitative estimate of drug-likeness (QED) is 0.249. The van der Waals surface area contributed by atoms with Crippen molar-refractivity contribution in [2.45, 2.75) is 57.1 Å². The molecule has 0 saturated heterocycles. The molecule has 0 heterocycles. The molecule has 0 aliphatic rings. The molecule has 2 amide bonds. The average molecular weight is 659 g/mol. The number of nitrogens with one attached hydrogen (secondary N) is 1. The number of carbonyl (C=O) groups excluding carboxylic acids is 2. The molecule has 0 spiro atoms. The Kier molecular flexibility index (Phi) is 11.0. The lowest BCUT2D eigenvalue weighted by Gasteiger charge is -2.35. The van der Waals surface area contributed by atoms with Gasteiger partial charge in [-0.15, -0.1) is 0 Å². The molecular weight excluding hydrogens is 628 g/mol. The van der Waals surface area contributed by atoms with Gasteiger partial charge in [-0.3, -0.25) is 13.9 Å². The van der Waals surface area contributed by atoms with Crippen LogP contribution in [0.4, 0.5) is 5.69 Å². The van der Waals surface area contributed by atoms with Crippen LogP contribution in [0, 0.1) is 0 Å². The lowest BCUT2D eigenvalue weighted by molar-refractivity contribution is -0.141. The van der Waals surface area contributed by atoms with E-state index in [9.17, 15) is 18.0 Å². The summed E-state index contributed by atoms with van der Waals surface area (Å²) in [6.07, 6.45) is 0.267. The van der Waals surface area contributed by atoms with Gasteiger partial charge in [-0.1, -0.05) is 77.6 Å². The van der Waals surface area contributed by atoms with E-state index >= 15 is 0 Å². The van der Waals surface area contributed by atoms with Crippen molar-refractivity contribution < 1.29 is 18.0 Å². The van der Waals surface area contributed by atoms with Crippen molar-refractivity contribution in [2.24, 2.45) is 0 Å². The van der Waals surface area contributed by atoms with Crippen molar-refractivity contribution in [1.29, 1.82) is 0 Å². The maximum absolute atomic E-state index is 14.1. The number of rotatable bonds is 10. The van der Waals surface area contributed by atoms with E-state index in [1.807, 2.05) is 20.8 Å². The highest BCUT2D eigenvalue weighted by molar-refractivity contribution is 7.92. The molecule has 1 atom stereocenters. The topological polar surface area (TPSA) is 86.8 Å². The molecule has 0 saturated carbocycles. The number of carbonyl (C=O) groups is 2. The Morgan fingerprint density at radius 3 is 2.02 bits per heavy atom. The Morgan fingerprint density at radius 2 is 1.49 bits per heavy atom. The molecule has 3 rings (SSSR count). The molecule has 0 aliphatic carbocycles. The summed E-state index contributed by atoms with van der Waals surface area (Å²) in [5.41, 5.74) is 0.141. The third kappa shape index (κ3) is 8.75. The summed E-state index contributed by atoms with van der Waals surface area (Å²) in [5, 5.41) is 3.92. The fourth-order valence-electron chi connectivity index (χ4n) is 4.14. The van der Waals surface area contributed by atoms with Crippen molar-refractivity contribution in [1.82, 2.24) is 10.2 Å². The number of hydrogen-bond acceptors (Lipinski definition) is 4. The second-order valence-electron chi connectivity index (χ2n) is 10.4. The van der Waals surface area contributed by atoms with Gasteiger partial charge in [0, 0.05) is 22.1 Å². The van der Waals surface area contributed by atoms with Crippen LogP contribution in [0.5, 0.6) is 0 Å². The first-order chi connectivity index (χ1) is 19.1. The van der Waals surface area contributed by atoms with Gasteiger partial charge in [-0.2, -0.15) is 0 Å². The maximum Gasteiger partial charge on any atom is 0.264 e. The first-order valence-electron chi connectivity index (χ1n) is 12.7. The van der Waals surface area contributed by atoms with Crippen LogP contribution in [0.25, 0.3) is 0 Å². The number of nitrogens with zero attached hydrogens (tertiary/aromatic N) is 2. The predicted molar refractivity (Wildman–Crippen MR) is 166 cm³/mol. The summed E-state index contributed by atoms with van der Waals surface area (Å²) in [7, 11) is -4.25. The molecule has 220 valence electrons. The fourth-order valence-corrected chi connectivity index (χ4v) is 6.39. The highest BCUT2D eigenvalue weighted by Crippen LogP contribution is 2.30. The Hall–Kier alpha value is -2.49. The molecule has 0 radical (unpaired) electrons. The minimum absolute atomic E-state index is 0.0265. The molecule has 0 fully saturated rings. The molecule has 1 N–H and O–H groups in total. The van der Waals surface area contributed by atoms with Crippen LogP contribution in [0.3, 0.4) is 0 Å². The number of sulfonamides is 1. The SMILES string of the molecule is CC[C@@H](C(=O)NC(C)(C)C)N(Cc1ccc(Cl)c(Cl)c1)C(=O)CN(c1cc(Cl)cc(Cl)c1)S(=O)(=O)c1ccccc1. The molecule has 7 nitrogen and oxygen atoms in total. The van der Waals surface area contributed by atoms with Crippen LogP contribution >= 0.6 is 46.4 Å². The number of anilines is 1. The van der Waals surface area contributed by atoms with Gasteiger partial charge in [0.25, 0.3) is 10.0 Å². The minimum Gasteiger partial charge on any atom is -0.350 e. The van der Waals surface area contributed by atoms with Crippen LogP contribution in [0.15, 0.2) is 71.6 Å². The number of amides is 2. The summed E-state index contributed by atoms with van der Waals surface area (Å²) < 4.78 is 28.7. The van der Waals surface area contributed by atoms with Crippen molar-refractivity contribution in [3.63, 3.8) is 0 Å². The molecule has 0 aromatic heterocycles. The lowest BCUT2D eigenvalue weighted by Crippen LogP contribution is -2.55. The van der Waals surface area contributed by atoms with Gasteiger partial charge in [0.2, 0.25) is 11.8 Å². The van der Waals surface area contributed by atoms with E-state index in [1.165, 1.54) is 35.2 Å². The van der Waals surface area contributed by atoms with Gasteiger partial charge in [0.15, 0.2) is 0 Å². The third-order valence-electron chi connectivity index (χ3n) is 5.97. The molecule has 0 bridgehead atoms. The zero-order valence-corrected chi connectivity index (χ0v) is 26.8. The van der Waals surface area contributed by atoms with Gasteiger partial charge >= 0.3 is 0 Å². The maximum atomic E-state index is 14.1. The number of halogens is 4. The van der Waals surface area contributed by atoms with Gasteiger partial charge in [0.05, 0.1) is 20.6 Å². The summed E-state index contributed by atoms with van der Waals surface area (Å²) in [5.74, 6) is -1.00. The molecule has 3 aromatic carbocycles. The van der Waals surface area contributed by atoms with Crippen LogP contribution in [-0.4, -0.2) is 43.3 Å². The second-order valence-corrected chi connectivity index (χ2v) is 13.9. The lowest BCUT2D eigenvalue weighted by atomic mass is 10.1. The van der Waals surface area contributed by atoms with Crippen LogP contribution < -0.4 is 9.62 Å². The third-order valence-corrected chi connectivity index (χ3v) is 8.93. The van der Waals surface area contributed by atoms with Crippen molar-refractivity contribution in [2.75, 3.05) is 10.8 Å². The smallest absolute Gasteiger partial charge is 0.264 e. The summed E-state index contributed by atoms with van der Waals surface area (Å²) in [6, 6.07) is 16.0. The van der Waals surface area contributed by atoms with E-state index in [1.54, 1.807) is 43.3 Å². The first-order valence-corrected chi connectivity index (χ1v) is 15.7. The Bertz CT molecular complexity index is 1490.